The standard InChI is InChI=1S/C17H14O4/c1-10-3-6-14(20-2)11(7-10)8-16-17(19)13-5-4-12(18)9-15(13)21-16/h3-9,18H,1-2H3/b16-8-. The Balaban J connectivity index is 2.03. The summed E-state index contributed by atoms with van der Waals surface area (Å²) in [5.41, 5.74) is 2.28. The third kappa shape index (κ3) is 2.36. The van der Waals surface area contributed by atoms with E-state index in [9.17, 15) is 9.90 Å². The molecule has 0 unspecified atom stereocenters. The van der Waals surface area contributed by atoms with Crippen LogP contribution in [0, 0.1) is 6.92 Å². The van der Waals surface area contributed by atoms with Gasteiger partial charge in [0.05, 0.1) is 12.7 Å². The SMILES string of the molecule is COc1ccc(C)cc1/C=C1\Oc2cc(O)ccc2C1=O. The average molecular weight is 282 g/mol. The van der Waals surface area contributed by atoms with Crippen molar-refractivity contribution in [3.63, 3.8) is 0 Å². The maximum Gasteiger partial charge on any atom is 0.231 e. The minimum atomic E-state index is -0.200. The second-order valence-corrected chi connectivity index (χ2v) is 4.87. The lowest BCUT2D eigenvalue weighted by Gasteiger charge is -2.06. The number of benzene rings is 2. The molecular weight excluding hydrogens is 268 g/mol. The van der Waals surface area contributed by atoms with Crippen molar-refractivity contribution >= 4 is 11.9 Å². The molecule has 2 aromatic rings. The summed E-state index contributed by atoms with van der Waals surface area (Å²) in [7, 11) is 1.58. The van der Waals surface area contributed by atoms with Crippen molar-refractivity contribution in [1.82, 2.24) is 0 Å². The van der Waals surface area contributed by atoms with Crippen LogP contribution in [0.4, 0.5) is 0 Å². The minimum absolute atomic E-state index is 0.0657. The molecule has 0 atom stereocenters. The predicted octanol–water partition coefficient (Wildman–Crippen LogP) is 3.33. The van der Waals surface area contributed by atoms with Crippen molar-refractivity contribution < 1.29 is 19.4 Å². The number of ether oxygens (including phenoxy) is 2. The lowest BCUT2D eigenvalue weighted by atomic mass is 10.1. The van der Waals surface area contributed by atoms with Gasteiger partial charge >= 0.3 is 0 Å². The van der Waals surface area contributed by atoms with Crippen molar-refractivity contribution in [2.45, 2.75) is 6.92 Å². The maximum absolute atomic E-state index is 12.3. The molecule has 1 heterocycles. The number of phenolic OH excluding ortho intramolecular Hbond substituents is 1. The molecule has 0 amide bonds. The number of rotatable bonds is 2. The number of fused-ring (bicyclic) bond motifs is 1. The van der Waals surface area contributed by atoms with Crippen LogP contribution in [0.25, 0.3) is 6.08 Å². The summed E-state index contributed by atoms with van der Waals surface area (Å²) >= 11 is 0. The van der Waals surface area contributed by atoms with Gasteiger partial charge in [-0.2, -0.15) is 0 Å². The summed E-state index contributed by atoms with van der Waals surface area (Å²) < 4.78 is 10.8. The number of hydrogen-bond donors (Lipinski definition) is 1. The number of carbonyl (C=O) groups excluding carboxylic acids is 1. The third-order valence-corrected chi connectivity index (χ3v) is 3.33. The van der Waals surface area contributed by atoms with Gasteiger partial charge in [0.1, 0.15) is 17.2 Å². The molecule has 1 aliphatic rings. The van der Waals surface area contributed by atoms with E-state index >= 15 is 0 Å². The molecule has 1 N–H and O–H groups in total. The first-order valence-corrected chi connectivity index (χ1v) is 6.50. The number of methoxy groups -OCH3 is 1. The van der Waals surface area contributed by atoms with Gasteiger partial charge in [-0.25, -0.2) is 0 Å². The quantitative estimate of drug-likeness (QED) is 0.858. The Hall–Kier alpha value is -2.75. The second-order valence-electron chi connectivity index (χ2n) is 4.87. The van der Waals surface area contributed by atoms with Crippen LogP contribution < -0.4 is 9.47 Å². The van der Waals surface area contributed by atoms with E-state index in [-0.39, 0.29) is 17.3 Å². The van der Waals surface area contributed by atoms with Gasteiger partial charge < -0.3 is 14.6 Å². The largest absolute Gasteiger partial charge is 0.508 e. The van der Waals surface area contributed by atoms with Crippen LogP contribution in [-0.4, -0.2) is 18.0 Å². The highest BCUT2D eigenvalue weighted by atomic mass is 16.5. The van der Waals surface area contributed by atoms with Crippen LogP contribution in [0.5, 0.6) is 17.2 Å². The molecule has 3 rings (SSSR count). The second kappa shape index (κ2) is 4.98. The molecule has 0 bridgehead atoms. The summed E-state index contributed by atoms with van der Waals surface area (Å²) in [5.74, 6) is 1.13. The molecule has 21 heavy (non-hydrogen) atoms. The highest BCUT2D eigenvalue weighted by molar-refractivity contribution is 6.14. The molecule has 1 aliphatic heterocycles. The van der Waals surface area contributed by atoms with Crippen molar-refractivity contribution in [3.05, 3.63) is 58.8 Å². The van der Waals surface area contributed by atoms with Gasteiger partial charge in [0, 0.05) is 11.6 Å². The molecule has 0 radical (unpaired) electrons. The fraction of sp³-hybridized carbons (Fsp3) is 0.118. The summed E-state index contributed by atoms with van der Waals surface area (Å²) in [4.78, 5) is 12.3. The number of carbonyl (C=O) groups is 1. The van der Waals surface area contributed by atoms with Crippen molar-refractivity contribution in [2.75, 3.05) is 7.11 Å². The van der Waals surface area contributed by atoms with Gasteiger partial charge in [-0.05, 0) is 37.3 Å². The van der Waals surface area contributed by atoms with Gasteiger partial charge in [-0.15, -0.1) is 0 Å². The number of Topliss-reactive ketones (excluding diaryl/α,β-unsaturated/α-hetero) is 1. The fourth-order valence-corrected chi connectivity index (χ4v) is 2.28. The average Bonchev–Trinajstić information content (AvgIpc) is 2.75. The van der Waals surface area contributed by atoms with Crippen molar-refractivity contribution in [3.8, 4) is 17.2 Å². The van der Waals surface area contributed by atoms with Crippen LogP contribution in [0.1, 0.15) is 21.5 Å². The van der Waals surface area contributed by atoms with Crippen molar-refractivity contribution in [1.29, 1.82) is 0 Å². The number of ketones is 1. The zero-order chi connectivity index (χ0) is 15.0. The Morgan fingerprint density at radius 3 is 2.76 bits per heavy atom. The predicted molar refractivity (Wildman–Crippen MR) is 78.8 cm³/mol. The zero-order valence-electron chi connectivity index (χ0n) is 11.7. The lowest BCUT2D eigenvalue weighted by molar-refractivity contribution is 0.101. The molecule has 0 spiro atoms. The Kier molecular flexibility index (Phi) is 3.14. The monoisotopic (exact) mass is 282 g/mol. The Morgan fingerprint density at radius 2 is 2.00 bits per heavy atom. The first kappa shape index (κ1) is 13.2. The van der Waals surface area contributed by atoms with Gasteiger partial charge in [0.2, 0.25) is 5.78 Å². The smallest absolute Gasteiger partial charge is 0.231 e. The minimum Gasteiger partial charge on any atom is -0.508 e. The van der Waals surface area contributed by atoms with E-state index in [0.717, 1.165) is 11.1 Å². The van der Waals surface area contributed by atoms with E-state index in [4.69, 9.17) is 9.47 Å². The van der Waals surface area contributed by atoms with Gasteiger partial charge in [0.25, 0.3) is 0 Å². The summed E-state index contributed by atoms with van der Waals surface area (Å²) in [5, 5.41) is 9.45. The summed E-state index contributed by atoms with van der Waals surface area (Å²) in [6.07, 6.45) is 1.66. The first-order valence-electron chi connectivity index (χ1n) is 6.50. The van der Waals surface area contributed by atoms with Crippen molar-refractivity contribution in [2.24, 2.45) is 0 Å². The highest BCUT2D eigenvalue weighted by Gasteiger charge is 2.27. The molecule has 0 aromatic heterocycles. The summed E-state index contributed by atoms with van der Waals surface area (Å²) in [6.45, 7) is 1.96. The van der Waals surface area contributed by atoms with E-state index in [1.54, 1.807) is 19.3 Å². The number of phenols is 1. The molecular formula is C17H14O4. The van der Waals surface area contributed by atoms with Gasteiger partial charge in [-0.3, -0.25) is 4.79 Å². The molecule has 0 aliphatic carbocycles. The van der Waals surface area contributed by atoms with Gasteiger partial charge in [-0.1, -0.05) is 11.6 Å². The number of allylic oxidation sites excluding steroid dienone is 1. The normalized spacial score (nSPS) is 15.0. The molecule has 0 fully saturated rings. The molecule has 4 nitrogen and oxygen atoms in total. The van der Waals surface area contributed by atoms with E-state index in [1.807, 2.05) is 25.1 Å². The fourth-order valence-electron chi connectivity index (χ4n) is 2.28. The third-order valence-electron chi connectivity index (χ3n) is 3.33. The maximum atomic E-state index is 12.3. The number of aryl methyl sites for hydroxylation is 1. The Bertz CT molecular complexity index is 759. The van der Waals surface area contributed by atoms with Crippen LogP contribution >= 0.6 is 0 Å². The zero-order valence-corrected chi connectivity index (χ0v) is 11.7. The van der Waals surface area contributed by atoms with Crippen LogP contribution in [0.2, 0.25) is 0 Å². The number of aromatic hydroxyl groups is 1. The van der Waals surface area contributed by atoms with E-state index in [1.165, 1.54) is 12.1 Å². The highest BCUT2D eigenvalue weighted by Crippen LogP contribution is 2.35. The number of hydrogen-bond acceptors (Lipinski definition) is 4. The van der Waals surface area contributed by atoms with Crippen LogP contribution in [0.3, 0.4) is 0 Å². The lowest BCUT2D eigenvalue weighted by Crippen LogP contribution is -1.99. The van der Waals surface area contributed by atoms with Crippen LogP contribution in [0.15, 0.2) is 42.2 Å². The Morgan fingerprint density at radius 1 is 1.19 bits per heavy atom. The van der Waals surface area contributed by atoms with E-state index < -0.39 is 0 Å². The molecule has 2 aromatic carbocycles. The Labute approximate surface area is 122 Å². The molecule has 4 heteroatoms. The first-order chi connectivity index (χ1) is 10.1. The van der Waals surface area contributed by atoms with E-state index in [0.29, 0.717) is 17.1 Å². The molecule has 0 saturated carbocycles. The topological polar surface area (TPSA) is 55.8 Å². The van der Waals surface area contributed by atoms with E-state index in [2.05, 4.69) is 0 Å². The van der Waals surface area contributed by atoms with Gasteiger partial charge in [0.15, 0.2) is 5.76 Å². The molecule has 0 saturated heterocycles. The summed E-state index contributed by atoms with van der Waals surface area (Å²) in [6, 6.07) is 10.2. The molecule has 106 valence electrons. The van der Waals surface area contributed by atoms with Crippen LogP contribution in [-0.2, 0) is 0 Å².